The van der Waals surface area contributed by atoms with E-state index in [0.717, 1.165) is 12.0 Å². The topological polar surface area (TPSA) is 75.4 Å². The third-order valence-electron chi connectivity index (χ3n) is 3.85. The van der Waals surface area contributed by atoms with Crippen LogP contribution in [0.15, 0.2) is 40.9 Å². The predicted octanol–water partition coefficient (Wildman–Crippen LogP) is 2.79. The summed E-state index contributed by atoms with van der Waals surface area (Å²) in [6.45, 7) is 5.67. The zero-order valence-corrected chi connectivity index (χ0v) is 14.3. The standard InChI is InChI=1S/C18H23N3O3/c1-4-13(2)21(18(23)11-15-8-6-5-7-9-15)12-17(22)19-16-10-14(3)24-20-16/h5-10,13H,4,11-12H2,1-3H3,(H,19,20,22). The Morgan fingerprint density at radius 2 is 2.00 bits per heavy atom. The molecule has 0 bridgehead atoms. The van der Waals surface area contributed by atoms with Gasteiger partial charge < -0.3 is 14.7 Å². The van der Waals surface area contributed by atoms with Crippen molar-refractivity contribution in [1.82, 2.24) is 10.1 Å². The number of hydrogen-bond donors (Lipinski definition) is 1. The lowest BCUT2D eigenvalue weighted by atomic mass is 10.1. The molecule has 1 heterocycles. The minimum Gasteiger partial charge on any atom is -0.360 e. The number of anilines is 1. The number of benzene rings is 1. The highest BCUT2D eigenvalue weighted by molar-refractivity contribution is 5.94. The molecule has 0 saturated carbocycles. The molecule has 1 atom stereocenters. The normalized spacial score (nSPS) is 11.8. The zero-order valence-electron chi connectivity index (χ0n) is 14.3. The van der Waals surface area contributed by atoms with Crippen molar-refractivity contribution < 1.29 is 14.1 Å². The van der Waals surface area contributed by atoms with E-state index < -0.39 is 0 Å². The third kappa shape index (κ3) is 4.94. The predicted molar refractivity (Wildman–Crippen MR) is 91.5 cm³/mol. The number of hydrogen-bond acceptors (Lipinski definition) is 4. The average Bonchev–Trinajstić information content (AvgIpc) is 2.97. The van der Waals surface area contributed by atoms with Crippen LogP contribution in [0.25, 0.3) is 0 Å². The highest BCUT2D eigenvalue weighted by Crippen LogP contribution is 2.11. The van der Waals surface area contributed by atoms with Gasteiger partial charge in [0.25, 0.3) is 0 Å². The first-order chi connectivity index (χ1) is 11.5. The summed E-state index contributed by atoms with van der Waals surface area (Å²) in [6, 6.07) is 11.1. The molecule has 128 valence electrons. The van der Waals surface area contributed by atoms with E-state index in [1.54, 1.807) is 17.9 Å². The van der Waals surface area contributed by atoms with E-state index in [4.69, 9.17) is 4.52 Å². The Morgan fingerprint density at radius 1 is 1.29 bits per heavy atom. The molecule has 0 spiro atoms. The van der Waals surface area contributed by atoms with Crippen LogP contribution in [0.4, 0.5) is 5.82 Å². The SMILES string of the molecule is CCC(C)N(CC(=O)Nc1cc(C)on1)C(=O)Cc1ccccc1. The molecule has 1 unspecified atom stereocenters. The Morgan fingerprint density at radius 3 is 2.58 bits per heavy atom. The number of aromatic nitrogens is 1. The van der Waals surface area contributed by atoms with Crippen molar-refractivity contribution in [3.63, 3.8) is 0 Å². The second-order valence-corrected chi connectivity index (χ2v) is 5.81. The van der Waals surface area contributed by atoms with Crippen LogP contribution in [0.1, 0.15) is 31.6 Å². The molecular formula is C18H23N3O3. The van der Waals surface area contributed by atoms with Crippen molar-refractivity contribution >= 4 is 17.6 Å². The van der Waals surface area contributed by atoms with Crippen LogP contribution in [0.2, 0.25) is 0 Å². The quantitative estimate of drug-likeness (QED) is 0.847. The molecule has 2 rings (SSSR count). The van der Waals surface area contributed by atoms with Gasteiger partial charge in [0.15, 0.2) is 5.82 Å². The van der Waals surface area contributed by atoms with Crippen molar-refractivity contribution in [3.8, 4) is 0 Å². The van der Waals surface area contributed by atoms with Gasteiger partial charge >= 0.3 is 0 Å². The lowest BCUT2D eigenvalue weighted by Gasteiger charge is -2.28. The second kappa shape index (κ2) is 8.29. The molecule has 1 N–H and O–H groups in total. The first-order valence-electron chi connectivity index (χ1n) is 8.06. The maximum atomic E-state index is 12.6. The van der Waals surface area contributed by atoms with E-state index in [1.807, 2.05) is 44.2 Å². The van der Waals surface area contributed by atoms with E-state index in [0.29, 0.717) is 11.6 Å². The van der Waals surface area contributed by atoms with Crippen LogP contribution in [0.3, 0.4) is 0 Å². The molecule has 1 aromatic carbocycles. The maximum absolute atomic E-state index is 12.6. The highest BCUT2D eigenvalue weighted by atomic mass is 16.5. The summed E-state index contributed by atoms with van der Waals surface area (Å²) in [4.78, 5) is 26.4. The fourth-order valence-electron chi connectivity index (χ4n) is 2.34. The first-order valence-corrected chi connectivity index (χ1v) is 8.06. The first kappa shape index (κ1) is 17.7. The highest BCUT2D eigenvalue weighted by Gasteiger charge is 2.22. The smallest absolute Gasteiger partial charge is 0.245 e. The Labute approximate surface area is 141 Å². The van der Waals surface area contributed by atoms with E-state index in [1.165, 1.54) is 0 Å². The number of carbonyl (C=O) groups excluding carboxylic acids is 2. The Balaban J connectivity index is 2.01. The minimum atomic E-state index is -0.287. The fraction of sp³-hybridized carbons (Fsp3) is 0.389. The molecule has 0 aliphatic rings. The number of nitrogens with one attached hydrogen (secondary N) is 1. The summed E-state index contributed by atoms with van der Waals surface area (Å²) >= 11 is 0. The molecule has 24 heavy (non-hydrogen) atoms. The summed E-state index contributed by atoms with van der Waals surface area (Å²) in [5.41, 5.74) is 0.934. The molecule has 0 aliphatic heterocycles. The fourth-order valence-corrected chi connectivity index (χ4v) is 2.34. The summed E-state index contributed by atoms with van der Waals surface area (Å²) in [5, 5.41) is 6.38. The molecule has 1 aromatic heterocycles. The Bertz CT molecular complexity index is 682. The van der Waals surface area contributed by atoms with Gasteiger partial charge in [-0.1, -0.05) is 42.4 Å². The van der Waals surface area contributed by atoms with Gasteiger partial charge in [-0.25, -0.2) is 0 Å². The maximum Gasteiger partial charge on any atom is 0.245 e. The van der Waals surface area contributed by atoms with E-state index in [2.05, 4.69) is 10.5 Å². The minimum absolute atomic E-state index is 0.00736. The third-order valence-corrected chi connectivity index (χ3v) is 3.85. The summed E-state index contributed by atoms with van der Waals surface area (Å²) in [6.07, 6.45) is 1.05. The Hall–Kier alpha value is -2.63. The van der Waals surface area contributed by atoms with E-state index >= 15 is 0 Å². The zero-order chi connectivity index (χ0) is 17.5. The molecule has 6 nitrogen and oxygen atoms in total. The van der Waals surface area contributed by atoms with Gasteiger partial charge in [0, 0.05) is 12.1 Å². The molecule has 0 aliphatic carbocycles. The van der Waals surface area contributed by atoms with Crippen LogP contribution in [0.5, 0.6) is 0 Å². The molecular weight excluding hydrogens is 306 g/mol. The molecule has 0 fully saturated rings. The van der Waals surface area contributed by atoms with Crippen molar-refractivity contribution in [2.45, 2.75) is 39.7 Å². The van der Waals surface area contributed by atoms with Crippen LogP contribution in [-0.2, 0) is 16.0 Å². The van der Waals surface area contributed by atoms with Crippen molar-refractivity contribution in [3.05, 3.63) is 47.7 Å². The Kier molecular flexibility index (Phi) is 6.12. The van der Waals surface area contributed by atoms with Crippen molar-refractivity contribution in [2.24, 2.45) is 0 Å². The van der Waals surface area contributed by atoms with Gasteiger partial charge in [-0.05, 0) is 25.8 Å². The molecule has 2 amide bonds. The summed E-state index contributed by atoms with van der Waals surface area (Å²) < 4.78 is 4.92. The van der Waals surface area contributed by atoms with Gasteiger partial charge in [0.05, 0.1) is 6.42 Å². The summed E-state index contributed by atoms with van der Waals surface area (Å²) in [5.74, 6) is 0.619. The van der Waals surface area contributed by atoms with E-state index in [9.17, 15) is 9.59 Å². The van der Waals surface area contributed by atoms with Gasteiger partial charge in [-0.15, -0.1) is 0 Å². The van der Waals surface area contributed by atoms with Crippen LogP contribution < -0.4 is 5.32 Å². The number of nitrogens with zero attached hydrogens (tertiary/aromatic N) is 2. The molecule has 0 radical (unpaired) electrons. The van der Waals surface area contributed by atoms with Gasteiger partial charge in [-0.3, -0.25) is 9.59 Å². The lowest BCUT2D eigenvalue weighted by molar-refractivity contribution is -0.136. The van der Waals surface area contributed by atoms with Crippen LogP contribution >= 0.6 is 0 Å². The van der Waals surface area contributed by atoms with Gasteiger partial charge in [0.2, 0.25) is 11.8 Å². The van der Waals surface area contributed by atoms with Gasteiger partial charge in [0.1, 0.15) is 12.3 Å². The number of carbonyl (C=O) groups is 2. The molecule has 6 heteroatoms. The molecule has 2 aromatic rings. The number of aryl methyl sites for hydroxylation is 1. The van der Waals surface area contributed by atoms with Crippen LogP contribution in [-0.4, -0.2) is 34.5 Å². The summed E-state index contributed by atoms with van der Waals surface area (Å²) in [7, 11) is 0. The number of rotatable bonds is 7. The average molecular weight is 329 g/mol. The van der Waals surface area contributed by atoms with Gasteiger partial charge in [-0.2, -0.15) is 0 Å². The largest absolute Gasteiger partial charge is 0.360 e. The van der Waals surface area contributed by atoms with Crippen molar-refractivity contribution in [2.75, 3.05) is 11.9 Å². The monoisotopic (exact) mass is 329 g/mol. The lowest BCUT2D eigenvalue weighted by Crippen LogP contribution is -2.44. The van der Waals surface area contributed by atoms with Crippen LogP contribution in [0, 0.1) is 6.92 Å². The number of amides is 2. The van der Waals surface area contributed by atoms with E-state index in [-0.39, 0.29) is 30.8 Å². The molecule has 0 saturated heterocycles. The van der Waals surface area contributed by atoms with Crippen molar-refractivity contribution in [1.29, 1.82) is 0 Å². The second-order valence-electron chi connectivity index (χ2n) is 5.81.